The van der Waals surface area contributed by atoms with Crippen molar-refractivity contribution in [1.82, 2.24) is 4.98 Å². The molecule has 0 radical (unpaired) electrons. The van der Waals surface area contributed by atoms with E-state index in [1.807, 2.05) is 42.5 Å². The van der Waals surface area contributed by atoms with Crippen molar-refractivity contribution in [3.63, 3.8) is 0 Å². The zero-order valence-corrected chi connectivity index (χ0v) is 12.2. The lowest BCUT2D eigenvalue weighted by molar-refractivity contribution is 0.105. The summed E-state index contributed by atoms with van der Waals surface area (Å²) in [4.78, 5) is 17.1. The topological polar surface area (TPSA) is 50.2 Å². The molecular weight excluding hydrogens is 286 g/mol. The van der Waals surface area contributed by atoms with Crippen LogP contribution >= 0.6 is 0 Å². The summed E-state index contributed by atoms with van der Waals surface area (Å²) in [5.41, 5.74) is 4.58. The van der Waals surface area contributed by atoms with Crippen molar-refractivity contribution in [3.8, 4) is 5.75 Å². The van der Waals surface area contributed by atoms with Gasteiger partial charge in [0.05, 0.1) is 0 Å². The molecule has 1 heterocycles. The monoisotopic (exact) mass is 299 g/mol. The summed E-state index contributed by atoms with van der Waals surface area (Å²) >= 11 is 0. The summed E-state index contributed by atoms with van der Waals surface area (Å²) in [6.07, 6.45) is 3.38. The van der Waals surface area contributed by atoms with Gasteiger partial charge < -0.3 is 5.11 Å². The number of allylic oxidation sites excluding steroid dienone is 1. The highest BCUT2D eigenvalue weighted by Gasteiger charge is 2.31. The first-order chi connectivity index (χ1) is 11.3. The van der Waals surface area contributed by atoms with Gasteiger partial charge in [0, 0.05) is 34.7 Å². The largest absolute Gasteiger partial charge is 0.508 e. The van der Waals surface area contributed by atoms with Crippen molar-refractivity contribution < 1.29 is 9.90 Å². The lowest BCUT2D eigenvalue weighted by Crippen LogP contribution is -1.98. The number of carbonyl (C=O) groups excluding carboxylic acids is 1. The maximum Gasteiger partial charge on any atom is 0.194 e. The van der Waals surface area contributed by atoms with Crippen molar-refractivity contribution in [2.75, 3.05) is 0 Å². The van der Waals surface area contributed by atoms with Crippen LogP contribution in [0.1, 0.15) is 27.0 Å². The molecule has 3 nitrogen and oxygen atoms in total. The summed E-state index contributed by atoms with van der Waals surface area (Å²) in [7, 11) is 0. The van der Waals surface area contributed by atoms with Crippen LogP contribution in [0.5, 0.6) is 5.75 Å². The van der Waals surface area contributed by atoms with Crippen LogP contribution in [0.25, 0.3) is 11.1 Å². The minimum atomic E-state index is -0.0353. The second-order valence-electron chi connectivity index (χ2n) is 5.42. The maximum absolute atomic E-state index is 12.9. The standard InChI is InChI=1S/C20H13NO2/c22-15-8-9-16-17(11-15)18(13-5-2-1-3-6-13)19(20(16)23)14-7-4-10-21-12-14/h1-12,22H. The zero-order valence-electron chi connectivity index (χ0n) is 12.2. The Morgan fingerprint density at radius 1 is 0.783 bits per heavy atom. The molecule has 1 aromatic heterocycles. The van der Waals surface area contributed by atoms with Crippen molar-refractivity contribution >= 4 is 16.9 Å². The van der Waals surface area contributed by atoms with Gasteiger partial charge in [-0.3, -0.25) is 9.78 Å². The molecule has 23 heavy (non-hydrogen) atoms. The van der Waals surface area contributed by atoms with Gasteiger partial charge in [0.15, 0.2) is 5.78 Å². The molecule has 110 valence electrons. The van der Waals surface area contributed by atoms with Gasteiger partial charge in [-0.05, 0) is 35.4 Å². The highest BCUT2D eigenvalue weighted by molar-refractivity contribution is 6.41. The molecule has 0 saturated heterocycles. The molecule has 0 spiro atoms. The van der Waals surface area contributed by atoms with Crippen molar-refractivity contribution in [2.45, 2.75) is 0 Å². The number of aromatic hydroxyl groups is 1. The molecule has 0 bridgehead atoms. The van der Waals surface area contributed by atoms with Crippen molar-refractivity contribution in [3.05, 3.63) is 95.3 Å². The molecule has 1 aliphatic carbocycles. The average molecular weight is 299 g/mol. The number of benzene rings is 2. The van der Waals surface area contributed by atoms with Crippen LogP contribution in [0.2, 0.25) is 0 Å². The van der Waals surface area contributed by atoms with Gasteiger partial charge in [-0.25, -0.2) is 0 Å². The lowest BCUT2D eigenvalue weighted by atomic mass is 9.95. The number of fused-ring (bicyclic) bond motifs is 1. The summed E-state index contributed by atoms with van der Waals surface area (Å²) in [5.74, 6) is 0.115. The fourth-order valence-electron chi connectivity index (χ4n) is 3.01. The predicted molar refractivity (Wildman–Crippen MR) is 89.0 cm³/mol. The number of nitrogens with zero attached hydrogens (tertiary/aromatic N) is 1. The van der Waals surface area contributed by atoms with E-state index in [1.54, 1.807) is 30.6 Å². The Labute approximate surface area is 133 Å². The van der Waals surface area contributed by atoms with Gasteiger partial charge in [-0.1, -0.05) is 36.4 Å². The smallest absolute Gasteiger partial charge is 0.194 e. The van der Waals surface area contributed by atoms with Crippen LogP contribution in [0.4, 0.5) is 0 Å². The Morgan fingerprint density at radius 2 is 1.57 bits per heavy atom. The zero-order chi connectivity index (χ0) is 15.8. The number of carbonyl (C=O) groups is 1. The average Bonchev–Trinajstić information content (AvgIpc) is 2.88. The molecule has 0 aliphatic heterocycles. The van der Waals surface area contributed by atoms with Gasteiger partial charge in [-0.2, -0.15) is 0 Å². The lowest BCUT2D eigenvalue weighted by Gasteiger charge is -2.08. The number of aromatic nitrogens is 1. The number of phenolic OH excluding ortho intramolecular Hbond substituents is 1. The van der Waals surface area contributed by atoms with E-state index in [0.29, 0.717) is 11.1 Å². The second-order valence-corrected chi connectivity index (χ2v) is 5.42. The van der Waals surface area contributed by atoms with Gasteiger partial charge >= 0.3 is 0 Å². The highest BCUT2D eigenvalue weighted by atomic mass is 16.3. The molecule has 0 amide bonds. The van der Waals surface area contributed by atoms with E-state index >= 15 is 0 Å². The Hall–Kier alpha value is -3.20. The number of phenols is 1. The fraction of sp³-hybridized carbons (Fsp3) is 0. The SMILES string of the molecule is O=C1C(c2cccnc2)=C(c2ccccc2)c2cc(O)ccc21. The normalized spacial score (nSPS) is 13.3. The third-order valence-electron chi connectivity index (χ3n) is 4.01. The van der Waals surface area contributed by atoms with Crippen molar-refractivity contribution in [2.24, 2.45) is 0 Å². The Morgan fingerprint density at radius 3 is 2.30 bits per heavy atom. The summed E-state index contributed by atoms with van der Waals surface area (Å²) in [6, 6.07) is 18.3. The fourth-order valence-corrected chi connectivity index (χ4v) is 3.01. The second kappa shape index (κ2) is 5.21. The van der Waals surface area contributed by atoms with E-state index in [2.05, 4.69) is 4.98 Å². The van der Waals surface area contributed by atoms with E-state index in [9.17, 15) is 9.90 Å². The van der Waals surface area contributed by atoms with E-state index in [0.717, 1.165) is 22.3 Å². The third-order valence-corrected chi connectivity index (χ3v) is 4.01. The van der Waals surface area contributed by atoms with Crippen LogP contribution in [0.3, 0.4) is 0 Å². The van der Waals surface area contributed by atoms with Crippen LogP contribution in [0, 0.1) is 0 Å². The summed E-state index contributed by atoms with van der Waals surface area (Å²) in [5, 5.41) is 9.86. The van der Waals surface area contributed by atoms with Crippen LogP contribution in [-0.2, 0) is 0 Å². The van der Waals surface area contributed by atoms with Gasteiger partial charge in [0.25, 0.3) is 0 Å². The van der Waals surface area contributed by atoms with Crippen LogP contribution < -0.4 is 0 Å². The third kappa shape index (κ3) is 2.14. The molecule has 3 aromatic rings. The summed E-state index contributed by atoms with van der Waals surface area (Å²) < 4.78 is 0. The predicted octanol–water partition coefficient (Wildman–Crippen LogP) is 3.94. The number of rotatable bonds is 2. The minimum absolute atomic E-state index is 0.0353. The van der Waals surface area contributed by atoms with Gasteiger partial charge in [0.2, 0.25) is 0 Å². The van der Waals surface area contributed by atoms with Crippen LogP contribution in [0.15, 0.2) is 73.1 Å². The summed E-state index contributed by atoms with van der Waals surface area (Å²) in [6.45, 7) is 0. The number of ketones is 1. The molecule has 0 saturated carbocycles. The Bertz CT molecular complexity index is 928. The molecule has 0 atom stereocenters. The Kier molecular flexibility index (Phi) is 3.05. The van der Waals surface area contributed by atoms with Gasteiger partial charge in [0.1, 0.15) is 5.75 Å². The number of pyridine rings is 1. The number of Topliss-reactive ketones (excluding diaryl/α,β-unsaturated/α-hetero) is 1. The first kappa shape index (κ1) is 13.5. The van der Waals surface area contributed by atoms with E-state index in [4.69, 9.17) is 0 Å². The molecular formula is C20H13NO2. The minimum Gasteiger partial charge on any atom is -0.508 e. The Balaban J connectivity index is 2.06. The molecule has 3 heteroatoms. The van der Waals surface area contributed by atoms with Gasteiger partial charge in [-0.15, -0.1) is 0 Å². The number of hydrogen-bond acceptors (Lipinski definition) is 3. The molecule has 1 N–H and O–H groups in total. The van der Waals surface area contributed by atoms with Crippen molar-refractivity contribution in [1.29, 1.82) is 0 Å². The molecule has 0 fully saturated rings. The first-order valence-corrected chi connectivity index (χ1v) is 7.34. The molecule has 4 rings (SSSR count). The maximum atomic E-state index is 12.9. The molecule has 2 aromatic carbocycles. The van der Waals surface area contributed by atoms with E-state index < -0.39 is 0 Å². The first-order valence-electron chi connectivity index (χ1n) is 7.34. The van der Waals surface area contributed by atoms with Crippen LogP contribution in [-0.4, -0.2) is 15.9 Å². The quantitative estimate of drug-likeness (QED) is 0.779. The highest BCUT2D eigenvalue weighted by Crippen LogP contribution is 2.42. The van der Waals surface area contributed by atoms with E-state index in [-0.39, 0.29) is 11.5 Å². The molecule has 0 unspecified atom stereocenters. The molecule has 1 aliphatic rings. The van der Waals surface area contributed by atoms with E-state index in [1.165, 1.54) is 0 Å². The number of hydrogen-bond donors (Lipinski definition) is 1.